The predicted octanol–water partition coefficient (Wildman–Crippen LogP) is 1.74. The second-order valence-electron chi connectivity index (χ2n) is 7.84. The molecule has 6 nitrogen and oxygen atoms in total. The van der Waals surface area contributed by atoms with Crippen LogP contribution in [-0.2, 0) is 22.4 Å². The van der Waals surface area contributed by atoms with Crippen LogP contribution in [0.2, 0.25) is 0 Å². The number of H-pyrrole nitrogens is 1. The van der Waals surface area contributed by atoms with E-state index in [1.807, 2.05) is 6.92 Å². The zero-order chi connectivity index (χ0) is 17.6. The molecule has 0 radical (unpaired) electrons. The van der Waals surface area contributed by atoms with E-state index in [9.17, 15) is 9.59 Å². The summed E-state index contributed by atoms with van der Waals surface area (Å²) >= 11 is 0. The highest BCUT2D eigenvalue weighted by atomic mass is 16.5. The standard InChI is InChI=1S/C19H27N3O3/c1-11-20-17-10-14-7-6-13(9-16(17)18(23)21-11)22(14)19(24)12-4-3-5-15(8-12)25-2/h12-15H,3-10H2,1-2H3,(H,20,21,23)/t12-,13+,14+,15+/m1/s1. The van der Waals surface area contributed by atoms with E-state index in [1.165, 1.54) is 0 Å². The summed E-state index contributed by atoms with van der Waals surface area (Å²) in [5, 5.41) is 0. The van der Waals surface area contributed by atoms with Crippen LogP contribution in [-0.4, -0.2) is 46.1 Å². The lowest BCUT2D eigenvalue weighted by Crippen LogP contribution is -2.46. The number of rotatable bonds is 2. The highest BCUT2D eigenvalue weighted by Crippen LogP contribution is 2.36. The molecule has 0 aromatic carbocycles. The maximum Gasteiger partial charge on any atom is 0.254 e. The van der Waals surface area contributed by atoms with Gasteiger partial charge in [-0.15, -0.1) is 0 Å². The van der Waals surface area contributed by atoms with Crippen molar-refractivity contribution in [1.29, 1.82) is 0 Å². The molecule has 1 aromatic rings. The molecule has 1 saturated heterocycles. The van der Waals surface area contributed by atoms with Gasteiger partial charge in [0.25, 0.3) is 5.56 Å². The van der Waals surface area contributed by atoms with E-state index in [0.29, 0.717) is 18.7 Å². The summed E-state index contributed by atoms with van der Waals surface area (Å²) in [6.07, 6.45) is 7.46. The van der Waals surface area contributed by atoms with Crippen molar-refractivity contribution in [3.8, 4) is 0 Å². The Morgan fingerprint density at radius 1 is 1.20 bits per heavy atom. The number of aromatic nitrogens is 2. The fraction of sp³-hybridized carbons (Fsp3) is 0.737. The molecule has 25 heavy (non-hydrogen) atoms. The van der Waals surface area contributed by atoms with Crippen LogP contribution in [0.4, 0.5) is 0 Å². The Bertz CT molecular complexity index is 729. The van der Waals surface area contributed by atoms with Gasteiger partial charge in [-0.25, -0.2) is 4.98 Å². The van der Waals surface area contributed by atoms with Crippen LogP contribution in [0.1, 0.15) is 55.6 Å². The molecule has 1 aromatic heterocycles. The summed E-state index contributed by atoms with van der Waals surface area (Å²) in [5.74, 6) is 1.00. The Morgan fingerprint density at radius 2 is 1.96 bits per heavy atom. The number of ether oxygens (including phenoxy) is 1. The lowest BCUT2D eigenvalue weighted by Gasteiger charge is -2.35. The van der Waals surface area contributed by atoms with Crippen molar-refractivity contribution in [2.45, 2.75) is 76.5 Å². The molecular formula is C19H27N3O3. The number of nitrogens with one attached hydrogen (secondary N) is 1. The lowest BCUT2D eigenvalue weighted by atomic mass is 9.86. The number of carbonyl (C=O) groups excluding carboxylic acids is 1. The van der Waals surface area contributed by atoms with E-state index in [1.54, 1.807) is 7.11 Å². The van der Waals surface area contributed by atoms with E-state index in [-0.39, 0.29) is 35.6 Å². The first kappa shape index (κ1) is 16.8. The summed E-state index contributed by atoms with van der Waals surface area (Å²) < 4.78 is 5.51. The van der Waals surface area contributed by atoms with Crippen LogP contribution in [0.5, 0.6) is 0 Å². The van der Waals surface area contributed by atoms with Gasteiger partial charge in [-0.05, 0) is 39.0 Å². The molecule has 1 N–H and O–H groups in total. The summed E-state index contributed by atoms with van der Waals surface area (Å²) in [6.45, 7) is 1.82. The Balaban J connectivity index is 1.59. The normalized spacial score (nSPS) is 31.5. The average Bonchev–Trinajstić information content (AvgIpc) is 2.90. The molecule has 1 amide bonds. The molecule has 3 aliphatic rings. The molecular weight excluding hydrogens is 318 g/mol. The molecule has 6 heteroatoms. The minimum atomic E-state index is -0.0282. The largest absolute Gasteiger partial charge is 0.381 e. The van der Waals surface area contributed by atoms with Crippen LogP contribution in [0.15, 0.2) is 4.79 Å². The highest BCUT2D eigenvalue weighted by molar-refractivity contribution is 5.80. The van der Waals surface area contributed by atoms with Crippen LogP contribution in [0, 0.1) is 12.8 Å². The van der Waals surface area contributed by atoms with Crippen LogP contribution in [0.25, 0.3) is 0 Å². The number of hydrogen-bond donors (Lipinski definition) is 1. The lowest BCUT2D eigenvalue weighted by molar-refractivity contribution is -0.141. The third kappa shape index (κ3) is 3.01. The molecule has 2 bridgehead atoms. The average molecular weight is 345 g/mol. The summed E-state index contributed by atoms with van der Waals surface area (Å²) in [4.78, 5) is 35.2. The van der Waals surface area contributed by atoms with E-state index >= 15 is 0 Å². The highest BCUT2D eigenvalue weighted by Gasteiger charge is 2.43. The monoisotopic (exact) mass is 345 g/mol. The number of carbonyl (C=O) groups is 1. The Kier molecular flexibility index (Phi) is 4.40. The van der Waals surface area contributed by atoms with E-state index in [4.69, 9.17) is 4.74 Å². The van der Waals surface area contributed by atoms with Gasteiger partial charge in [-0.2, -0.15) is 0 Å². The number of nitrogens with zero attached hydrogens (tertiary/aromatic N) is 2. The quantitative estimate of drug-likeness (QED) is 0.886. The first-order chi connectivity index (χ1) is 12.1. The minimum Gasteiger partial charge on any atom is -0.381 e. The van der Waals surface area contributed by atoms with Crippen LogP contribution >= 0.6 is 0 Å². The fourth-order valence-electron chi connectivity index (χ4n) is 5.02. The van der Waals surface area contributed by atoms with Crippen LogP contribution < -0.4 is 5.56 Å². The van der Waals surface area contributed by atoms with Gasteiger partial charge in [-0.1, -0.05) is 6.42 Å². The van der Waals surface area contributed by atoms with Crippen molar-refractivity contribution < 1.29 is 9.53 Å². The molecule has 3 heterocycles. The van der Waals surface area contributed by atoms with Crippen molar-refractivity contribution >= 4 is 5.91 Å². The smallest absolute Gasteiger partial charge is 0.254 e. The van der Waals surface area contributed by atoms with Gasteiger partial charge in [0, 0.05) is 43.5 Å². The van der Waals surface area contributed by atoms with E-state index < -0.39 is 0 Å². The first-order valence-electron chi connectivity index (χ1n) is 9.50. The molecule has 1 aliphatic carbocycles. The SMILES string of the molecule is CO[C@H]1CCC[C@@H](C(=O)N2[C@H]3CC[C@H]2Cc2c(nc(C)[nH]c2=O)C3)C1. The summed E-state index contributed by atoms with van der Waals surface area (Å²) in [6, 6.07) is 0.336. The van der Waals surface area contributed by atoms with Crippen LogP contribution in [0.3, 0.4) is 0 Å². The number of aryl methyl sites for hydroxylation is 1. The number of aromatic amines is 1. The van der Waals surface area contributed by atoms with E-state index in [2.05, 4.69) is 14.9 Å². The molecule has 1 saturated carbocycles. The number of methoxy groups -OCH3 is 1. The number of amides is 1. The molecule has 2 fully saturated rings. The maximum absolute atomic E-state index is 13.3. The third-order valence-electron chi connectivity index (χ3n) is 6.27. The van der Waals surface area contributed by atoms with Crippen molar-refractivity contribution in [3.05, 3.63) is 27.4 Å². The van der Waals surface area contributed by atoms with Crippen molar-refractivity contribution in [2.24, 2.45) is 5.92 Å². The van der Waals surface area contributed by atoms with Crippen molar-refractivity contribution in [2.75, 3.05) is 7.11 Å². The van der Waals surface area contributed by atoms with Gasteiger partial charge in [-0.3, -0.25) is 9.59 Å². The third-order valence-corrected chi connectivity index (χ3v) is 6.27. The zero-order valence-corrected chi connectivity index (χ0v) is 15.1. The molecule has 0 spiro atoms. The minimum absolute atomic E-state index is 0.0282. The number of hydrogen-bond acceptors (Lipinski definition) is 4. The molecule has 4 atom stereocenters. The first-order valence-corrected chi connectivity index (χ1v) is 9.50. The summed E-state index contributed by atoms with van der Waals surface area (Å²) in [5.41, 5.74) is 1.65. The van der Waals surface area contributed by atoms with Gasteiger partial charge in [0.1, 0.15) is 5.82 Å². The topological polar surface area (TPSA) is 75.3 Å². The Labute approximate surface area is 148 Å². The maximum atomic E-state index is 13.3. The second kappa shape index (κ2) is 6.56. The van der Waals surface area contributed by atoms with Crippen molar-refractivity contribution in [1.82, 2.24) is 14.9 Å². The van der Waals surface area contributed by atoms with Gasteiger partial charge in [0.15, 0.2) is 0 Å². The van der Waals surface area contributed by atoms with Gasteiger partial charge in [0.05, 0.1) is 11.8 Å². The predicted molar refractivity (Wildman–Crippen MR) is 93.4 cm³/mol. The number of fused-ring (bicyclic) bond motifs is 3. The van der Waals surface area contributed by atoms with Gasteiger partial charge in [0.2, 0.25) is 5.91 Å². The molecule has 136 valence electrons. The fourth-order valence-corrected chi connectivity index (χ4v) is 5.02. The van der Waals surface area contributed by atoms with Crippen molar-refractivity contribution in [3.63, 3.8) is 0 Å². The molecule has 4 rings (SSSR count). The Morgan fingerprint density at radius 3 is 2.72 bits per heavy atom. The molecule has 2 aliphatic heterocycles. The second-order valence-corrected chi connectivity index (χ2v) is 7.84. The van der Waals surface area contributed by atoms with E-state index in [0.717, 1.165) is 49.8 Å². The molecule has 0 unspecified atom stereocenters. The zero-order valence-electron chi connectivity index (χ0n) is 15.1. The summed E-state index contributed by atoms with van der Waals surface area (Å²) in [7, 11) is 1.74. The Hall–Kier alpha value is -1.69. The van der Waals surface area contributed by atoms with Gasteiger partial charge >= 0.3 is 0 Å². The van der Waals surface area contributed by atoms with Gasteiger partial charge < -0.3 is 14.6 Å².